The van der Waals surface area contributed by atoms with Crippen molar-refractivity contribution in [1.82, 2.24) is 4.72 Å². The minimum atomic E-state index is -1.32. The van der Waals surface area contributed by atoms with Gasteiger partial charge in [0, 0.05) is 0 Å². The summed E-state index contributed by atoms with van der Waals surface area (Å²) in [5, 5.41) is 8.50. The molecule has 0 saturated heterocycles. The highest BCUT2D eigenvalue weighted by Gasteiger charge is 2.23. The number of hydrogen-bond acceptors (Lipinski definition) is 2. The van der Waals surface area contributed by atoms with Crippen molar-refractivity contribution >= 4 is 17.0 Å². The molecule has 2 N–H and O–H groups in total. The molecule has 0 saturated carbocycles. The summed E-state index contributed by atoms with van der Waals surface area (Å²) in [6.45, 7) is 6.81. The number of nitrogens with one attached hydrogen (secondary N) is 1. The van der Waals surface area contributed by atoms with Gasteiger partial charge in [0.15, 0.2) is 0 Å². The lowest BCUT2D eigenvalue weighted by molar-refractivity contribution is -0.138. The molecule has 2 atom stereocenters. The Labute approximate surface area is 74.9 Å². The van der Waals surface area contributed by atoms with Crippen molar-refractivity contribution in [3.05, 3.63) is 0 Å². The van der Waals surface area contributed by atoms with Crippen molar-refractivity contribution in [2.45, 2.75) is 38.5 Å². The van der Waals surface area contributed by atoms with Gasteiger partial charge in [0.1, 0.15) is 6.04 Å². The van der Waals surface area contributed by atoms with Crippen LogP contribution in [-0.2, 0) is 15.8 Å². The fraction of sp³-hybridized carbons (Fsp3) is 0.857. The third-order valence-corrected chi connectivity index (χ3v) is 2.89. The Balaban J connectivity index is 4.11. The Morgan fingerprint density at radius 2 is 1.92 bits per heavy atom. The standard InChI is InChI=1S/C7H15NO3S/c1-5(6(9)10)8-12(11)7(2,3)4/h5,8H,1-4H3,(H,9,10). The molecule has 0 bridgehead atoms. The van der Waals surface area contributed by atoms with Crippen LogP contribution in [-0.4, -0.2) is 26.1 Å². The lowest BCUT2D eigenvalue weighted by atomic mass is 10.3. The smallest absolute Gasteiger partial charge is 0.321 e. The summed E-state index contributed by atoms with van der Waals surface area (Å²) in [6, 6.07) is -0.773. The van der Waals surface area contributed by atoms with Crippen LogP contribution in [0, 0.1) is 0 Å². The van der Waals surface area contributed by atoms with Gasteiger partial charge in [0.25, 0.3) is 0 Å². The maximum absolute atomic E-state index is 11.3. The van der Waals surface area contributed by atoms with Gasteiger partial charge in [-0.1, -0.05) is 0 Å². The highest BCUT2D eigenvalue weighted by atomic mass is 32.2. The quantitative estimate of drug-likeness (QED) is 0.686. The molecule has 0 radical (unpaired) electrons. The molecule has 4 nitrogen and oxygen atoms in total. The average molecular weight is 193 g/mol. The fourth-order valence-corrected chi connectivity index (χ4v) is 1.16. The fourth-order valence-electron chi connectivity index (χ4n) is 0.388. The van der Waals surface area contributed by atoms with E-state index in [0.717, 1.165) is 0 Å². The topological polar surface area (TPSA) is 66.4 Å². The maximum Gasteiger partial charge on any atom is 0.321 e. The van der Waals surface area contributed by atoms with Crippen molar-refractivity contribution in [2.24, 2.45) is 0 Å². The molecule has 0 aliphatic heterocycles. The summed E-state index contributed by atoms with van der Waals surface area (Å²) in [7, 11) is -1.32. The van der Waals surface area contributed by atoms with E-state index >= 15 is 0 Å². The van der Waals surface area contributed by atoms with Crippen molar-refractivity contribution in [2.75, 3.05) is 0 Å². The molecule has 0 amide bonds. The zero-order chi connectivity index (χ0) is 9.94. The Bertz CT molecular complexity index is 197. The van der Waals surface area contributed by atoms with Gasteiger partial charge >= 0.3 is 5.97 Å². The predicted octanol–water partition coefficient (Wildman–Crippen LogP) is 0.511. The first-order valence-corrected chi connectivity index (χ1v) is 4.81. The first-order valence-electron chi connectivity index (χ1n) is 3.66. The van der Waals surface area contributed by atoms with E-state index in [2.05, 4.69) is 4.72 Å². The van der Waals surface area contributed by atoms with Crippen LogP contribution in [0.1, 0.15) is 27.7 Å². The second-order valence-corrected chi connectivity index (χ2v) is 5.56. The van der Waals surface area contributed by atoms with Crippen LogP contribution in [0.5, 0.6) is 0 Å². The molecule has 5 heteroatoms. The summed E-state index contributed by atoms with van der Waals surface area (Å²) >= 11 is 0. The monoisotopic (exact) mass is 193 g/mol. The molecule has 0 aromatic rings. The molecule has 0 aromatic heterocycles. The highest BCUT2D eigenvalue weighted by molar-refractivity contribution is 7.84. The molecule has 72 valence electrons. The van der Waals surface area contributed by atoms with Crippen LogP contribution in [0.3, 0.4) is 0 Å². The molecule has 0 aliphatic carbocycles. The molecule has 0 aliphatic rings. The van der Waals surface area contributed by atoms with Crippen molar-refractivity contribution in [3.63, 3.8) is 0 Å². The number of carbonyl (C=O) groups is 1. The predicted molar refractivity (Wildman–Crippen MR) is 48.1 cm³/mol. The van der Waals surface area contributed by atoms with Gasteiger partial charge in [-0.15, -0.1) is 0 Å². The summed E-state index contributed by atoms with van der Waals surface area (Å²) in [4.78, 5) is 10.4. The molecule has 0 heterocycles. The Morgan fingerprint density at radius 1 is 1.50 bits per heavy atom. The molecular formula is C7H15NO3S. The zero-order valence-corrected chi connectivity index (χ0v) is 8.57. The van der Waals surface area contributed by atoms with Gasteiger partial charge in [-0.2, -0.15) is 0 Å². The molecule has 12 heavy (non-hydrogen) atoms. The summed E-state index contributed by atoms with van der Waals surface area (Å²) in [5.74, 6) is -0.993. The minimum absolute atomic E-state index is 0.427. The summed E-state index contributed by atoms with van der Waals surface area (Å²) in [5.41, 5.74) is 0. The van der Waals surface area contributed by atoms with Crippen LogP contribution in [0.2, 0.25) is 0 Å². The lowest BCUT2D eigenvalue weighted by Crippen LogP contribution is -2.42. The second kappa shape index (κ2) is 4.00. The van der Waals surface area contributed by atoms with Crippen LogP contribution >= 0.6 is 0 Å². The Hall–Kier alpha value is -0.420. The first-order chi connectivity index (χ1) is 5.25. The van der Waals surface area contributed by atoms with E-state index in [1.54, 1.807) is 20.8 Å². The number of rotatable bonds is 3. The van der Waals surface area contributed by atoms with E-state index in [-0.39, 0.29) is 0 Å². The van der Waals surface area contributed by atoms with Crippen molar-refractivity contribution in [1.29, 1.82) is 0 Å². The summed E-state index contributed by atoms with van der Waals surface area (Å²) < 4.78 is 13.4. The lowest BCUT2D eigenvalue weighted by Gasteiger charge is -2.19. The van der Waals surface area contributed by atoms with E-state index < -0.39 is 27.7 Å². The molecular weight excluding hydrogens is 178 g/mol. The van der Waals surface area contributed by atoms with Crippen LogP contribution < -0.4 is 4.72 Å². The molecule has 2 unspecified atom stereocenters. The number of carboxylic acids is 1. The van der Waals surface area contributed by atoms with E-state index in [1.165, 1.54) is 6.92 Å². The summed E-state index contributed by atoms with van der Waals surface area (Å²) in [6.07, 6.45) is 0. The van der Waals surface area contributed by atoms with Gasteiger partial charge in [-0.25, -0.2) is 8.93 Å². The minimum Gasteiger partial charge on any atom is -0.480 e. The van der Waals surface area contributed by atoms with Gasteiger partial charge in [-0.3, -0.25) is 4.79 Å². The van der Waals surface area contributed by atoms with E-state index in [0.29, 0.717) is 0 Å². The van der Waals surface area contributed by atoms with Crippen LogP contribution in [0.15, 0.2) is 0 Å². The first kappa shape index (κ1) is 11.6. The SMILES string of the molecule is CC(NS(=O)C(C)(C)C)C(=O)O. The Morgan fingerprint density at radius 3 is 2.17 bits per heavy atom. The van der Waals surface area contributed by atoms with Crippen molar-refractivity contribution in [3.8, 4) is 0 Å². The van der Waals surface area contributed by atoms with E-state index in [9.17, 15) is 9.00 Å². The van der Waals surface area contributed by atoms with E-state index in [4.69, 9.17) is 5.11 Å². The zero-order valence-electron chi connectivity index (χ0n) is 7.75. The van der Waals surface area contributed by atoms with Gasteiger partial charge in [0.05, 0.1) is 15.7 Å². The van der Waals surface area contributed by atoms with Gasteiger partial charge in [0.2, 0.25) is 0 Å². The molecule has 0 aromatic carbocycles. The number of hydrogen-bond donors (Lipinski definition) is 2. The third-order valence-electron chi connectivity index (χ3n) is 1.21. The van der Waals surface area contributed by atoms with Gasteiger partial charge in [-0.05, 0) is 27.7 Å². The maximum atomic E-state index is 11.3. The van der Waals surface area contributed by atoms with Gasteiger partial charge < -0.3 is 5.11 Å². The molecule has 0 fully saturated rings. The van der Waals surface area contributed by atoms with Crippen molar-refractivity contribution < 1.29 is 14.1 Å². The van der Waals surface area contributed by atoms with Crippen LogP contribution in [0.25, 0.3) is 0 Å². The number of aliphatic carboxylic acids is 1. The van der Waals surface area contributed by atoms with E-state index in [1.807, 2.05) is 0 Å². The largest absolute Gasteiger partial charge is 0.480 e. The molecule has 0 rings (SSSR count). The normalized spacial score (nSPS) is 17.0. The number of carboxylic acid groups (broad SMARTS) is 1. The average Bonchev–Trinajstić information content (AvgIpc) is 1.85. The third kappa shape index (κ3) is 3.82. The van der Waals surface area contributed by atoms with Crippen LogP contribution in [0.4, 0.5) is 0 Å². The second-order valence-electron chi connectivity index (χ2n) is 3.56. The molecule has 0 spiro atoms. The Kier molecular flexibility index (Phi) is 3.86. The highest BCUT2D eigenvalue weighted by Crippen LogP contribution is 2.08.